The summed E-state index contributed by atoms with van der Waals surface area (Å²) in [5.74, 6) is 0. The first-order valence-electron chi connectivity index (χ1n) is 6.69. The number of hydrogen-bond acceptors (Lipinski definition) is 3. The largest absolute Gasteiger partial charge is 0.377 e. The van der Waals surface area contributed by atoms with Crippen LogP contribution < -0.4 is 5.32 Å². The van der Waals surface area contributed by atoms with Gasteiger partial charge in [-0.25, -0.2) is 0 Å². The quantitative estimate of drug-likeness (QED) is 0.828. The molecule has 2 nitrogen and oxygen atoms in total. The molecule has 0 aliphatic carbocycles. The van der Waals surface area contributed by atoms with Crippen molar-refractivity contribution in [1.29, 1.82) is 0 Å². The third kappa shape index (κ3) is 4.46. The molecule has 1 heterocycles. The standard InChI is InChI=1S/C16H21NOS/c1-3-18-12-15-6-4-14(5-7-15)10-17-11-16-13(2)8-9-19-16/h4-9,17H,3,10-12H2,1-2H3. The molecule has 1 aromatic carbocycles. The maximum atomic E-state index is 5.39. The van der Waals surface area contributed by atoms with Gasteiger partial charge in [0.25, 0.3) is 0 Å². The van der Waals surface area contributed by atoms with Gasteiger partial charge in [0.2, 0.25) is 0 Å². The Morgan fingerprint density at radius 3 is 2.42 bits per heavy atom. The van der Waals surface area contributed by atoms with Gasteiger partial charge in [-0.05, 0) is 42.0 Å². The number of hydrogen-bond donors (Lipinski definition) is 1. The van der Waals surface area contributed by atoms with Gasteiger partial charge in [-0.1, -0.05) is 24.3 Å². The molecule has 0 fully saturated rings. The number of thiophene rings is 1. The van der Waals surface area contributed by atoms with Crippen LogP contribution in [0.4, 0.5) is 0 Å². The van der Waals surface area contributed by atoms with Crippen LogP contribution in [-0.2, 0) is 24.4 Å². The Balaban J connectivity index is 1.78. The van der Waals surface area contributed by atoms with Crippen molar-refractivity contribution in [2.24, 2.45) is 0 Å². The second kappa shape index (κ2) is 7.43. The fourth-order valence-corrected chi connectivity index (χ4v) is 2.75. The van der Waals surface area contributed by atoms with Crippen LogP contribution in [0.5, 0.6) is 0 Å². The van der Waals surface area contributed by atoms with Crippen molar-refractivity contribution in [3.8, 4) is 0 Å². The first kappa shape index (κ1) is 14.3. The van der Waals surface area contributed by atoms with Gasteiger partial charge in [0.15, 0.2) is 0 Å². The zero-order valence-corrected chi connectivity index (χ0v) is 12.4. The molecule has 0 radical (unpaired) electrons. The number of benzene rings is 1. The van der Waals surface area contributed by atoms with Crippen LogP contribution >= 0.6 is 11.3 Å². The maximum Gasteiger partial charge on any atom is 0.0716 e. The lowest BCUT2D eigenvalue weighted by Crippen LogP contribution is -2.12. The van der Waals surface area contributed by atoms with Gasteiger partial charge in [0, 0.05) is 24.6 Å². The van der Waals surface area contributed by atoms with E-state index in [4.69, 9.17) is 4.74 Å². The lowest BCUT2D eigenvalue weighted by Gasteiger charge is -2.06. The van der Waals surface area contributed by atoms with Crippen LogP contribution in [0.25, 0.3) is 0 Å². The maximum absolute atomic E-state index is 5.39. The summed E-state index contributed by atoms with van der Waals surface area (Å²) in [7, 11) is 0. The van der Waals surface area contributed by atoms with E-state index in [-0.39, 0.29) is 0 Å². The van der Waals surface area contributed by atoms with Crippen molar-refractivity contribution in [3.63, 3.8) is 0 Å². The Labute approximate surface area is 119 Å². The molecule has 0 aliphatic heterocycles. The Kier molecular flexibility index (Phi) is 5.58. The summed E-state index contributed by atoms with van der Waals surface area (Å²) in [6.45, 7) is 7.51. The molecule has 3 heteroatoms. The van der Waals surface area contributed by atoms with Crippen molar-refractivity contribution in [1.82, 2.24) is 5.32 Å². The Bertz CT molecular complexity index is 490. The van der Waals surface area contributed by atoms with Crippen LogP contribution in [0, 0.1) is 6.92 Å². The lowest BCUT2D eigenvalue weighted by atomic mass is 10.1. The molecule has 2 aromatic rings. The van der Waals surface area contributed by atoms with Gasteiger partial charge in [-0.3, -0.25) is 0 Å². The fourth-order valence-electron chi connectivity index (χ4n) is 1.88. The number of aryl methyl sites for hydroxylation is 1. The van der Waals surface area contributed by atoms with E-state index in [1.165, 1.54) is 21.6 Å². The molecule has 1 aromatic heterocycles. The summed E-state index contributed by atoms with van der Waals surface area (Å²) in [5, 5.41) is 5.63. The van der Waals surface area contributed by atoms with Gasteiger partial charge < -0.3 is 10.1 Å². The molecule has 0 spiro atoms. The molecule has 0 bridgehead atoms. The summed E-state index contributed by atoms with van der Waals surface area (Å²) in [5.41, 5.74) is 3.93. The molecule has 0 aliphatic rings. The predicted molar refractivity (Wildman–Crippen MR) is 81.4 cm³/mol. The highest BCUT2D eigenvalue weighted by Gasteiger charge is 1.99. The molecule has 102 valence electrons. The summed E-state index contributed by atoms with van der Waals surface area (Å²) in [6.07, 6.45) is 0. The summed E-state index contributed by atoms with van der Waals surface area (Å²) in [6, 6.07) is 10.8. The summed E-state index contributed by atoms with van der Waals surface area (Å²) >= 11 is 1.82. The molecule has 1 N–H and O–H groups in total. The normalized spacial score (nSPS) is 10.8. The summed E-state index contributed by atoms with van der Waals surface area (Å²) in [4.78, 5) is 1.42. The van der Waals surface area contributed by atoms with Gasteiger partial charge in [-0.2, -0.15) is 0 Å². The Morgan fingerprint density at radius 2 is 1.79 bits per heavy atom. The second-order valence-corrected chi connectivity index (χ2v) is 5.58. The number of ether oxygens (including phenoxy) is 1. The highest BCUT2D eigenvalue weighted by atomic mass is 32.1. The molecule has 0 saturated heterocycles. The third-order valence-corrected chi connectivity index (χ3v) is 4.10. The fraction of sp³-hybridized carbons (Fsp3) is 0.375. The van der Waals surface area contributed by atoms with Crippen LogP contribution in [0.2, 0.25) is 0 Å². The van der Waals surface area contributed by atoms with E-state index in [1.54, 1.807) is 0 Å². The minimum atomic E-state index is 0.707. The van der Waals surface area contributed by atoms with Crippen LogP contribution in [0.3, 0.4) is 0 Å². The van der Waals surface area contributed by atoms with E-state index >= 15 is 0 Å². The van der Waals surface area contributed by atoms with Gasteiger partial charge >= 0.3 is 0 Å². The Morgan fingerprint density at radius 1 is 1.05 bits per heavy atom. The average Bonchev–Trinajstić information content (AvgIpc) is 2.84. The molecule has 2 rings (SSSR count). The highest BCUT2D eigenvalue weighted by Crippen LogP contribution is 2.15. The second-order valence-electron chi connectivity index (χ2n) is 4.58. The van der Waals surface area contributed by atoms with Crippen molar-refractivity contribution in [2.45, 2.75) is 33.5 Å². The van der Waals surface area contributed by atoms with Gasteiger partial charge in [-0.15, -0.1) is 11.3 Å². The lowest BCUT2D eigenvalue weighted by molar-refractivity contribution is 0.134. The van der Waals surface area contributed by atoms with Crippen molar-refractivity contribution in [3.05, 3.63) is 57.3 Å². The average molecular weight is 275 g/mol. The molecule has 0 amide bonds. The van der Waals surface area contributed by atoms with E-state index in [0.717, 1.165) is 19.7 Å². The van der Waals surface area contributed by atoms with E-state index in [1.807, 2.05) is 18.3 Å². The monoisotopic (exact) mass is 275 g/mol. The zero-order chi connectivity index (χ0) is 13.5. The Hall–Kier alpha value is -1.16. The van der Waals surface area contributed by atoms with E-state index in [2.05, 4.69) is 48.0 Å². The number of rotatable bonds is 7. The van der Waals surface area contributed by atoms with Crippen molar-refractivity contribution in [2.75, 3.05) is 6.61 Å². The molecule has 0 unspecified atom stereocenters. The molecular formula is C16H21NOS. The molecule has 19 heavy (non-hydrogen) atoms. The van der Waals surface area contributed by atoms with Gasteiger partial charge in [0.1, 0.15) is 0 Å². The minimum Gasteiger partial charge on any atom is -0.377 e. The van der Waals surface area contributed by atoms with Gasteiger partial charge in [0.05, 0.1) is 6.61 Å². The summed E-state index contributed by atoms with van der Waals surface area (Å²) < 4.78 is 5.39. The highest BCUT2D eigenvalue weighted by molar-refractivity contribution is 7.10. The SMILES string of the molecule is CCOCc1ccc(CNCc2sccc2C)cc1. The van der Waals surface area contributed by atoms with Crippen LogP contribution in [-0.4, -0.2) is 6.61 Å². The van der Waals surface area contributed by atoms with Crippen molar-refractivity contribution < 1.29 is 4.74 Å². The van der Waals surface area contributed by atoms with Crippen LogP contribution in [0.1, 0.15) is 28.5 Å². The minimum absolute atomic E-state index is 0.707. The molecule has 0 atom stereocenters. The van der Waals surface area contributed by atoms with E-state index < -0.39 is 0 Å². The van der Waals surface area contributed by atoms with E-state index in [9.17, 15) is 0 Å². The van der Waals surface area contributed by atoms with E-state index in [0.29, 0.717) is 6.61 Å². The topological polar surface area (TPSA) is 21.3 Å². The smallest absolute Gasteiger partial charge is 0.0716 e. The first-order chi connectivity index (χ1) is 9.29. The zero-order valence-electron chi connectivity index (χ0n) is 11.6. The van der Waals surface area contributed by atoms with Crippen LogP contribution in [0.15, 0.2) is 35.7 Å². The first-order valence-corrected chi connectivity index (χ1v) is 7.57. The number of nitrogens with one attached hydrogen (secondary N) is 1. The third-order valence-electron chi connectivity index (χ3n) is 3.08. The molecular weight excluding hydrogens is 254 g/mol. The van der Waals surface area contributed by atoms with Crippen molar-refractivity contribution >= 4 is 11.3 Å². The predicted octanol–water partition coefficient (Wildman–Crippen LogP) is 3.88. The molecule has 0 saturated carbocycles.